The Morgan fingerprint density at radius 3 is 1.96 bits per heavy atom. The van der Waals surface area contributed by atoms with E-state index in [4.69, 9.17) is 17.2 Å². The fourth-order valence-corrected chi connectivity index (χ4v) is 5.56. The van der Waals surface area contributed by atoms with E-state index in [0.29, 0.717) is 44.3 Å². The Labute approximate surface area is 299 Å². The van der Waals surface area contributed by atoms with Gasteiger partial charge >= 0.3 is 5.97 Å². The average Bonchev–Trinajstić information content (AvgIpc) is 3.07. The molecular formula is C35H56N8O8. The molecule has 0 aromatic heterocycles. The molecule has 16 nitrogen and oxygen atoms in total. The molecule has 284 valence electrons. The molecule has 0 aliphatic carbocycles. The summed E-state index contributed by atoms with van der Waals surface area (Å²) in [6.07, 6.45) is 5.86. The predicted octanol–water partition coefficient (Wildman–Crippen LogP) is -0.622. The lowest BCUT2D eigenvalue weighted by Crippen LogP contribution is -2.59. The van der Waals surface area contributed by atoms with Gasteiger partial charge in [-0.1, -0.05) is 38.1 Å². The van der Waals surface area contributed by atoms with Gasteiger partial charge in [0.25, 0.3) is 0 Å². The molecule has 1 aliphatic heterocycles. The Morgan fingerprint density at radius 2 is 1.41 bits per heavy atom. The maximum absolute atomic E-state index is 14.0. The van der Waals surface area contributed by atoms with E-state index in [0.717, 1.165) is 4.90 Å². The van der Waals surface area contributed by atoms with Crippen molar-refractivity contribution in [2.75, 3.05) is 26.2 Å². The minimum absolute atomic E-state index is 0.000568. The molecule has 5 atom stereocenters. The number of nitrogens with two attached hydrogens (primary N) is 3. The van der Waals surface area contributed by atoms with Crippen molar-refractivity contribution in [2.45, 2.75) is 102 Å². The van der Waals surface area contributed by atoms with Gasteiger partial charge in [0.15, 0.2) is 0 Å². The van der Waals surface area contributed by atoms with Crippen LogP contribution >= 0.6 is 0 Å². The van der Waals surface area contributed by atoms with Crippen LogP contribution in [0, 0.1) is 5.92 Å². The van der Waals surface area contributed by atoms with Crippen molar-refractivity contribution in [3.05, 3.63) is 42.0 Å². The number of phenols is 1. The van der Waals surface area contributed by atoms with Crippen molar-refractivity contribution in [3.8, 4) is 5.75 Å². The van der Waals surface area contributed by atoms with Crippen molar-refractivity contribution < 1.29 is 39.0 Å². The first-order valence-corrected chi connectivity index (χ1v) is 17.6. The number of rotatable bonds is 17. The number of carboxylic acid groups (broad SMARTS) is 1. The monoisotopic (exact) mass is 716 g/mol. The van der Waals surface area contributed by atoms with Gasteiger partial charge < -0.3 is 53.6 Å². The Bertz CT molecular complexity index is 1340. The normalized spacial score (nSPS) is 21.4. The Kier molecular flexibility index (Phi) is 18.7. The van der Waals surface area contributed by atoms with E-state index in [-0.39, 0.29) is 50.3 Å². The zero-order chi connectivity index (χ0) is 37.9. The second-order valence-corrected chi connectivity index (χ2v) is 13.2. The molecule has 2 rings (SSSR count). The fraction of sp³-hybridized carbons (Fsp3) is 0.600. The maximum Gasteiger partial charge on any atom is 0.323 e. The summed E-state index contributed by atoms with van der Waals surface area (Å²) in [6, 6.07) is 0.491. The molecule has 12 N–H and O–H groups in total. The van der Waals surface area contributed by atoms with E-state index >= 15 is 0 Å². The summed E-state index contributed by atoms with van der Waals surface area (Å²) in [6.45, 7) is 3.94. The number of phenolic OH excluding ortho intramolecular Hbond substituents is 1. The van der Waals surface area contributed by atoms with Crippen LogP contribution in [-0.4, -0.2) is 107 Å². The van der Waals surface area contributed by atoms with Crippen molar-refractivity contribution >= 4 is 35.5 Å². The Morgan fingerprint density at radius 1 is 0.863 bits per heavy atom. The first-order chi connectivity index (χ1) is 24.2. The van der Waals surface area contributed by atoms with Crippen molar-refractivity contribution in [3.63, 3.8) is 0 Å². The van der Waals surface area contributed by atoms with Crippen LogP contribution in [0.15, 0.2) is 36.4 Å². The van der Waals surface area contributed by atoms with Crippen molar-refractivity contribution in [2.24, 2.45) is 23.1 Å². The van der Waals surface area contributed by atoms with Gasteiger partial charge in [0, 0.05) is 13.0 Å². The van der Waals surface area contributed by atoms with Gasteiger partial charge in [0.2, 0.25) is 29.5 Å². The van der Waals surface area contributed by atoms with Gasteiger partial charge in [-0.2, -0.15) is 0 Å². The van der Waals surface area contributed by atoms with Crippen molar-refractivity contribution in [1.82, 2.24) is 26.2 Å². The summed E-state index contributed by atoms with van der Waals surface area (Å²) < 4.78 is 0. The first-order valence-electron chi connectivity index (χ1n) is 17.6. The zero-order valence-corrected chi connectivity index (χ0v) is 29.6. The number of unbranched alkanes of at least 4 members (excludes halogenated alkanes) is 2. The van der Waals surface area contributed by atoms with Crippen LogP contribution in [0.1, 0.15) is 70.8 Å². The SMILES string of the molecule is CC(C)CN(CC(=O)O)C(=O)[C@H](Cc1ccc(O)cc1)NC(=O)[C@@H]1C/C=C/C[C@H](N)C(=O)N[C@@H](CCCCN)C(=O)N[C@@H](CCCCN)C(=O)N1. The fourth-order valence-electron chi connectivity index (χ4n) is 5.56. The Hall–Kier alpha value is -4.54. The van der Waals surface area contributed by atoms with Crippen LogP contribution in [-0.2, 0) is 35.2 Å². The van der Waals surface area contributed by atoms with Crippen LogP contribution < -0.4 is 38.5 Å². The summed E-state index contributed by atoms with van der Waals surface area (Å²) in [5, 5.41) is 30.2. The maximum atomic E-state index is 14.0. The van der Waals surface area contributed by atoms with Crippen LogP contribution in [0.2, 0.25) is 0 Å². The number of carboxylic acids is 1. The minimum atomic E-state index is -1.24. The van der Waals surface area contributed by atoms with E-state index in [1.165, 1.54) is 12.1 Å². The first kappa shape index (κ1) is 42.6. The highest BCUT2D eigenvalue weighted by Crippen LogP contribution is 2.14. The van der Waals surface area contributed by atoms with Crippen LogP contribution in [0.5, 0.6) is 5.75 Å². The zero-order valence-electron chi connectivity index (χ0n) is 29.6. The van der Waals surface area contributed by atoms with Crippen LogP contribution in [0.25, 0.3) is 0 Å². The lowest BCUT2D eigenvalue weighted by atomic mass is 10.0. The second-order valence-electron chi connectivity index (χ2n) is 13.2. The molecule has 1 aromatic carbocycles. The summed E-state index contributed by atoms with van der Waals surface area (Å²) >= 11 is 0. The number of nitrogens with zero attached hydrogens (tertiary/aromatic N) is 1. The van der Waals surface area contributed by atoms with Crippen molar-refractivity contribution in [1.29, 1.82) is 0 Å². The van der Waals surface area contributed by atoms with Gasteiger partial charge in [0.1, 0.15) is 36.5 Å². The quantitative estimate of drug-likeness (QED) is 0.0724. The third-order valence-corrected chi connectivity index (χ3v) is 8.27. The van der Waals surface area contributed by atoms with Gasteiger partial charge in [-0.15, -0.1) is 0 Å². The number of nitrogens with one attached hydrogen (secondary N) is 4. The average molecular weight is 717 g/mol. The molecule has 1 aliphatic rings. The molecule has 0 unspecified atom stereocenters. The largest absolute Gasteiger partial charge is 0.508 e. The van der Waals surface area contributed by atoms with E-state index < -0.39 is 72.3 Å². The van der Waals surface area contributed by atoms with Gasteiger partial charge in [-0.05, 0) is 88.1 Å². The molecule has 5 amide bonds. The number of benzene rings is 1. The standard InChI is InChI=1S/C35H56N8O8/c1-22(2)20-43(21-30(45)46)35(51)29(19-23-13-15-24(44)16-14-23)42-34(50)27-10-4-3-9-25(38)31(47)39-26(11-5-7-17-36)32(48)41-28(33(49)40-27)12-6-8-18-37/h3-4,13-16,22,25-29,44H,5-12,17-21,36-38H2,1-2H3,(H,39,47)(H,40,49)(H,41,48)(H,42,50)(H,45,46)/b4-3+/t25-,26-,27-,28-,29-/m0/s1. The van der Waals surface area contributed by atoms with Crippen LogP contribution in [0.3, 0.4) is 0 Å². The molecule has 16 heteroatoms. The topological polar surface area (TPSA) is 272 Å². The molecule has 0 saturated carbocycles. The summed E-state index contributed by atoms with van der Waals surface area (Å²) in [5.74, 6) is -4.46. The predicted molar refractivity (Wildman–Crippen MR) is 191 cm³/mol. The summed E-state index contributed by atoms with van der Waals surface area (Å²) in [4.78, 5) is 80.8. The van der Waals surface area contributed by atoms with Gasteiger partial charge in [-0.3, -0.25) is 28.8 Å². The number of aliphatic carboxylic acids is 1. The minimum Gasteiger partial charge on any atom is -0.508 e. The molecule has 0 fully saturated rings. The van der Waals surface area contributed by atoms with Gasteiger partial charge in [-0.25, -0.2) is 0 Å². The van der Waals surface area contributed by atoms with E-state index in [9.17, 15) is 39.0 Å². The number of carbonyl (C=O) groups excluding carboxylic acids is 5. The Balaban J connectivity index is 2.47. The second kappa shape index (κ2) is 22.3. The highest BCUT2D eigenvalue weighted by atomic mass is 16.4. The number of amides is 5. The highest BCUT2D eigenvalue weighted by Gasteiger charge is 2.33. The van der Waals surface area contributed by atoms with Crippen LogP contribution in [0.4, 0.5) is 0 Å². The number of aromatic hydroxyl groups is 1. The molecule has 0 radical (unpaired) electrons. The van der Waals surface area contributed by atoms with E-state index in [2.05, 4.69) is 21.3 Å². The number of hydrogen-bond acceptors (Lipinski definition) is 10. The van der Waals surface area contributed by atoms with Gasteiger partial charge in [0.05, 0.1) is 6.04 Å². The number of carbonyl (C=O) groups is 6. The molecule has 0 spiro atoms. The van der Waals surface area contributed by atoms with E-state index in [1.54, 1.807) is 24.3 Å². The summed E-state index contributed by atoms with van der Waals surface area (Å²) in [5.41, 5.74) is 18.0. The smallest absolute Gasteiger partial charge is 0.323 e. The molecule has 0 bridgehead atoms. The van der Waals surface area contributed by atoms with E-state index in [1.807, 2.05) is 13.8 Å². The lowest BCUT2D eigenvalue weighted by molar-refractivity contribution is -0.146. The molecular weight excluding hydrogens is 660 g/mol. The third kappa shape index (κ3) is 15.5. The molecule has 51 heavy (non-hydrogen) atoms. The lowest BCUT2D eigenvalue weighted by Gasteiger charge is -2.30. The number of hydrogen-bond donors (Lipinski definition) is 9. The summed E-state index contributed by atoms with van der Waals surface area (Å²) in [7, 11) is 0. The molecule has 1 aromatic rings. The molecule has 1 heterocycles. The molecule has 0 saturated heterocycles. The highest BCUT2D eigenvalue weighted by molar-refractivity contribution is 5.96. The third-order valence-electron chi connectivity index (χ3n) is 8.27.